The summed E-state index contributed by atoms with van der Waals surface area (Å²) >= 11 is 6.63. The zero-order valence-corrected chi connectivity index (χ0v) is 22.9. The minimum Gasteiger partial charge on any atom is -0.513 e. The fourth-order valence-electron chi connectivity index (χ4n) is 5.12. The maximum absolute atomic E-state index is 13.7. The number of allylic oxidation sites excluding steroid dienone is 1. The monoisotopic (exact) mass is 522 g/mol. The van der Waals surface area contributed by atoms with Gasteiger partial charge in [-0.25, -0.2) is 0 Å². The van der Waals surface area contributed by atoms with Gasteiger partial charge >= 0.3 is 0 Å². The number of carbonyl (C=O) groups excluding carboxylic acids is 2. The first-order valence-corrected chi connectivity index (χ1v) is 12.8. The van der Waals surface area contributed by atoms with E-state index >= 15 is 0 Å². The summed E-state index contributed by atoms with van der Waals surface area (Å²) in [6.07, 6.45) is 0.837. The summed E-state index contributed by atoms with van der Waals surface area (Å²) in [6, 6.07) is 12.1. The summed E-state index contributed by atoms with van der Waals surface area (Å²) in [4.78, 5) is 34.5. The van der Waals surface area contributed by atoms with Crippen LogP contribution in [-0.4, -0.2) is 78.3 Å². The Bertz CT molecular complexity index is 1250. The third-order valence-electron chi connectivity index (χ3n) is 7.35. The zero-order valence-electron chi connectivity index (χ0n) is 22.2. The molecule has 0 bridgehead atoms. The van der Waals surface area contributed by atoms with E-state index in [2.05, 4.69) is 49.6 Å². The molecule has 7 nitrogen and oxygen atoms in total. The lowest BCUT2D eigenvalue weighted by Crippen LogP contribution is -2.51. The molecular formula is C29H35ClN4O3. The second kappa shape index (κ2) is 10.6. The average molecular weight is 523 g/mol. The third kappa shape index (κ3) is 5.24. The number of amides is 1. The van der Waals surface area contributed by atoms with Crippen molar-refractivity contribution in [2.45, 2.75) is 32.4 Å². The van der Waals surface area contributed by atoms with Crippen molar-refractivity contribution in [1.29, 1.82) is 0 Å². The van der Waals surface area contributed by atoms with Crippen LogP contribution in [0.1, 0.15) is 39.9 Å². The summed E-state index contributed by atoms with van der Waals surface area (Å²) in [5.41, 5.74) is 5.27. The number of hydrogen-bond acceptors (Lipinski definition) is 6. The highest BCUT2D eigenvalue weighted by molar-refractivity contribution is 6.34. The Hall–Kier alpha value is -3.29. The highest BCUT2D eigenvalue weighted by atomic mass is 35.5. The van der Waals surface area contributed by atoms with Crippen molar-refractivity contribution < 1.29 is 14.7 Å². The van der Waals surface area contributed by atoms with E-state index in [1.165, 1.54) is 11.1 Å². The van der Waals surface area contributed by atoms with Crippen molar-refractivity contribution in [2.24, 2.45) is 0 Å². The van der Waals surface area contributed by atoms with Crippen LogP contribution < -0.4 is 4.90 Å². The topological polar surface area (TPSA) is 67.3 Å². The number of likely N-dealkylation sites (N-methyl/N-ethyl adjacent to an activating group) is 2. The van der Waals surface area contributed by atoms with E-state index in [1.54, 1.807) is 36.0 Å². The molecule has 1 saturated heterocycles. The predicted octanol–water partition coefficient (Wildman–Crippen LogP) is 4.57. The summed E-state index contributed by atoms with van der Waals surface area (Å²) in [5, 5.41) is 9.99. The largest absolute Gasteiger partial charge is 0.513 e. The van der Waals surface area contributed by atoms with Crippen LogP contribution >= 0.6 is 11.6 Å². The number of aliphatic hydroxyl groups excluding tert-OH is 1. The molecule has 2 atom stereocenters. The van der Waals surface area contributed by atoms with Crippen molar-refractivity contribution in [2.75, 3.05) is 45.7 Å². The number of benzene rings is 2. The number of aliphatic hydroxyl groups is 1. The van der Waals surface area contributed by atoms with Gasteiger partial charge in [-0.2, -0.15) is 0 Å². The van der Waals surface area contributed by atoms with Gasteiger partial charge in [-0.15, -0.1) is 0 Å². The lowest BCUT2D eigenvalue weighted by Gasteiger charge is -2.41. The molecule has 2 aliphatic rings. The van der Waals surface area contributed by atoms with Gasteiger partial charge in [0.25, 0.3) is 5.91 Å². The number of piperazine rings is 1. The lowest BCUT2D eigenvalue weighted by molar-refractivity contribution is -0.118. The fraction of sp³-hybridized carbons (Fsp3) is 0.379. The van der Waals surface area contributed by atoms with E-state index in [0.717, 1.165) is 29.8 Å². The van der Waals surface area contributed by atoms with Gasteiger partial charge in [0.1, 0.15) is 12.0 Å². The van der Waals surface area contributed by atoms with Crippen LogP contribution in [0.4, 0.5) is 5.69 Å². The predicted molar refractivity (Wildman–Crippen MR) is 148 cm³/mol. The highest BCUT2D eigenvalue weighted by Crippen LogP contribution is 2.41. The maximum Gasteiger partial charge on any atom is 0.259 e. The quantitative estimate of drug-likeness (QED) is 0.443. The number of nitrogens with zero attached hydrogens (tertiary/aromatic N) is 4. The molecule has 2 aliphatic heterocycles. The van der Waals surface area contributed by atoms with Crippen LogP contribution in [0.5, 0.6) is 0 Å². The van der Waals surface area contributed by atoms with Crippen LogP contribution in [0.2, 0.25) is 5.02 Å². The highest BCUT2D eigenvalue weighted by Gasteiger charge is 2.37. The second-order valence-electron chi connectivity index (χ2n) is 10.3. The third-order valence-corrected chi connectivity index (χ3v) is 7.66. The second-order valence-corrected chi connectivity index (χ2v) is 10.7. The first-order chi connectivity index (χ1) is 17.5. The van der Waals surface area contributed by atoms with Gasteiger partial charge in [0, 0.05) is 64.7 Å². The molecule has 196 valence electrons. The number of aryl methyl sites for hydroxylation is 1. The molecule has 1 unspecified atom stereocenters. The van der Waals surface area contributed by atoms with Crippen molar-refractivity contribution in [3.63, 3.8) is 0 Å². The molecule has 0 radical (unpaired) electrons. The maximum atomic E-state index is 13.7. The van der Waals surface area contributed by atoms with Crippen LogP contribution in [0.3, 0.4) is 0 Å². The Morgan fingerprint density at radius 3 is 2.49 bits per heavy atom. The SMILES string of the molecule is C=C1CN(Cc2ccc(C)cc2)[C@@H](C)CN1C(=O)c1cc2c(cc1Cl)N(C)CC2C(=O)/C(=C/O)N(C)C. The molecule has 4 rings (SSSR count). The van der Waals surface area contributed by atoms with Crippen LogP contribution in [0.15, 0.2) is 60.6 Å². The van der Waals surface area contributed by atoms with Crippen molar-refractivity contribution in [3.8, 4) is 0 Å². The van der Waals surface area contributed by atoms with Crippen LogP contribution in [0, 0.1) is 6.92 Å². The number of rotatable bonds is 6. The van der Waals surface area contributed by atoms with Gasteiger partial charge in [0.05, 0.1) is 16.5 Å². The Kier molecular flexibility index (Phi) is 7.67. The molecule has 0 spiro atoms. The first-order valence-electron chi connectivity index (χ1n) is 12.4. The molecule has 1 amide bonds. The number of ketones is 1. The van der Waals surface area contributed by atoms with Gasteiger partial charge in [0.2, 0.25) is 0 Å². The normalized spacial score (nSPS) is 20.3. The van der Waals surface area contributed by atoms with Crippen LogP contribution in [-0.2, 0) is 11.3 Å². The van der Waals surface area contributed by atoms with E-state index < -0.39 is 5.92 Å². The molecule has 2 aromatic carbocycles. The first kappa shape index (κ1) is 26.8. The van der Waals surface area contributed by atoms with Crippen molar-refractivity contribution in [3.05, 3.63) is 87.9 Å². The molecule has 0 aromatic heterocycles. The smallest absolute Gasteiger partial charge is 0.259 e. The van der Waals surface area contributed by atoms with E-state index in [9.17, 15) is 14.7 Å². The van der Waals surface area contributed by atoms with Crippen LogP contribution in [0.25, 0.3) is 0 Å². The molecule has 1 fully saturated rings. The minimum absolute atomic E-state index is 0.127. The van der Waals surface area contributed by atoms with Gasteiger partial charge in [-0.05, 0) is 37.1 Å². The molecular weight excluding hydrogens is 488 g/mol. The summed E-state index contributed by atoms with van der Waals surface area (Å²) in [5.74, 6) is -0.939. The van der Waals surface area contributed by atoms with E-state index in [-0.39, 0.29) is 23.4 Å². The standard InChI is InChI=1S/C29H35ClN4O3/c1-18-7-9-21(10-8-18)15-33-13-20(3)34(14-19(33)2)29(37)23-11-22-24(28(36)27(17-35)31(4)5)16-32(6)26(22)12-25(23)30/h7-12,17,19,24,35H,3,13-16H2,1-2,4-6H3/b27-17-/t19-,24?/m0/s1. The number of hydrogen-bond donors (Lipinski definition) is 1. The summed E-state index contributed by atoms with van der Waals surface area (Å²) in [7, 11) is 5.31. The Morgan fingerprint density at radius 2 is 1.86 bits per heavy atom. The Balaban J connectivity index is 1.57. The number of Topliss-reactive ketones (excluding diaryl/α,β-unsaturated/α-hetero) is 1. The number of fused-ring (bicyclic) bond motifs is 1. The van der Waals surface area contributed by atoms with E-state index in [0.29, 0.717) is 30.2 Å². The molecule has 37 heavy (non-hydrogen) atoms. The van der Waals surface area contributed by atoms with Gasteiger partial charge in [-0.1, -0.05) is 48.0 Å². The van der Waals surface area contributed by atoms with E-state index in [4.69, 9.17) is 11.6 Å². The molecule has 0 saturated carbocycles. The molecule has 0 aliphatic carbocycles. The van der Waals surface area contributed by atoms with Crippen molar-refractivity contribution in [1.82, 2.24) is 14.7 Å². The van der Waals surface area contributed by atoms with E-state index in [1.807, 2.05) is 11.9 Å². The fourth-order valence-corrected chi connectivity index (χ4v) is 5.36. The Morgan fingerprint density at radius 1 is 1.19 bits per heavy atom. The summed E-state index contributed by atoms with van der Waals surface area (Å²) < 4.78 is 0. The molecule has 8 heteroatoms. The Labute approximate surface area is 224 Å². The average Bonchev–Trinajstić information content (AvgIpc) is 3.17. The minimum atomic E-state index is -0.516. The van der Waals surface area contributed by atoms with Gasteiger partial charge in [-0.3, -0.25) is 14.5 Å². The zero-order chi connectivity index (χ0) is 27.0. The summed E-state index contributed by atoms with van der Waals surface area (Å²) in [6.45, 7) is 10.7. The number of halogens is 1. The van der Waals surface area contributed by atoms with Gasteiger partial charge in [0.15, 0.2) is 5.78 Å². The molecule has 2 heterocycles. The number of anilines is 1. The van der Waals surface area contributed by atoms with Gasteiger partial charge < -0.3 is 19.8 Å². The number of carbonyl (C=O) groups is 2. The van der Waals surface area contributed by atoms with Crippen molar-refractivity contribution >= 4 is 29.0 Å². The molecule has 1 N–H and O–H groups in total. The molecule has 2 aromatic rings. The lowest BCUT2D eigenvalue weighted by atomic mass is 9.93.